The Morgan fingerprint density at radius 1 is 1.22 bits per heavy atom. The molecule has 0 saturated carbocycles. The third-order valence-electron chi connectivity index (χ3n) is 4.28. The van der Waals surface area contributed by atoms with Gasteiger partial charge in [0.05, 0.1) is 13.2 Å². The molecule has 3 rings (SSSR count). The van der Waals surface area contributed by atoms with Crippen molar-refractivity contribution in [3.05, 3.63) is 64.6 Å². The van der Waals surface area contributed by atoms with Crippen molar-refractivity contribution in [3.63, 3.8) is 0 Å². The van der Waals surface area contributed by atoms with Crippen LogP contribution in [0.5, 0.6) is 5.75 Å². The van der Waals surface area contributed by atoms with E-state index in [1.165, 1.54) is 10.6 Å². The number of methoxy groups -OCH3 is 1. The van der Waals surface area contributed by atoms with E-state index >= 15 is 0 Å². The number of benzene rings is 1. The molecule has 1 aliphatic rings. The highest BCUT2D eigenvalue weighted by Gasteiger charge is 2.29. The standard InChI is InChI=1S/C18H20N2O3/c1-23-15-9-7-14(8-10-15)16-5-4-12-20(16)18(22)13-19-11-3-2-6-17(19)21/h2-3,6-11,16H,4-5,12-13H2,1H3. The smallest absolute Gasteiger partial charge is 0.250 e. The first-order valence-corrected chi connectivity index (χ1v) is 7.78. The molecule has 0 N–H and O–H groups in total. The molecule has 2 aromatic rings. The molecule has 5 heteroatoms. The van der Waals surface area contributed by atoms with E-state index in [4.69, 9.17) is 4.74 Å². The zero-order chi connectivity index (χ0) is 16.2. The molecule has 5 nitrogen and oxygen atoms in total. The molecule has 2 heterocycles. The summed E-state index contributed by atoms with van der Waals surface area (Å²) < 4.78 is 6.63. The average molecular weight is 312 g/mol. The van der Waals surface area contributed by atoms with Gasteiger partial charge in [0.15, 0.2) is 0 Å². The van der Waals surface area contributed by atoms with Crippen LogP contribution >= 0.6 is 0 Å². The number of carbonyl (C=O) groups excluding carboxylic acids is 1. The van der Waals surface area contributed by atoms with Crippen molar-refractivity contribution >= 4 is 5.91 Å². The second-order valence-electron chi connectivity index (χ2n) is 5.69. The van der Waals surface area contributed by atoms with Gasteiger partial charge in [-0.15, -0.1) is 0 Å². The molecule has 1 atom stereocenters. The van der Waals surface area contributed by atoms with E-state index in [0.717, 1.165) is 30.7 Å². The molecule has 23 heavy (non-hydrogen) atoms. The number of amides is 1. The number of rotatable bonds is 4. The lowest BCUT2D eigenvalue weighted by molar-refractivity contribution is -0.132. The first-order chi connectivity index (χ1) is 11.2. The van der Waals surface area contributed by atoms with Gasteiger partial charge in [-0.25, -0.2) is 0 Å². The van der Waals surface area contributed by atoms with Crippen LogP contribution in [0, 0.1) is 0 Å². The first kappa shape index (κ1) is 15.3. The number of aromatic nitrogens is 1. The largest absolute Gasteiger partial charge is 0.497 e. The van der Waals surface area contributed by atoms with Gasteiger partial charge < -0.3 is 14.2 Å². The van der Waals surface area contributed by atoms with Crippen molar-refractivity contribution in [1.82, 2.24) is 9.47 Å². The summed E-state index contributed by atoms with van der Waals surface area (Å²) in [7, 11) is 1.64. The summed E-state index contributed by atoms with van der Waals surface area (Å²) in [6.45, 7) is 0.823. The monoisotopic (exact) mass is 312 g/mol. The normalized spacial score (nSPS) is 17.3. The van der Waals surface area contributed by atoms with Crippen molar-refractivity contribution in [2.75, 3.05) is 13.7 Å². The molecule has 0 radical (unpaired) electrons. The lowest BCUT2D eigenvalue weighted by Crippen LogP contribution is -2.35. The number of nitrogens with zero attached hydrogens (tertiary/aromatic N) is 2. The maximum absolute atomic E-state index is 12.6. The van der Waals surface area contributed by atoms with Crippen molar-refractivity contribution < 1.29 is 9.53 Å². The maximum Gasteiger partial charge on any atom is 0.250 e. The first-order valence-electron chi connectivity index (χ1n) is 7.78. The molecule has 1 unspecified atom stereocenters. The molecule has 0 bridgehead atoms. The third-order valence-corrected chi connectivity index (χ3v) is 4.28. The summed E-state index contributed by atoms with van der Waals surface area (Å²) in [5, 5.41) is 0. The van der Waals surface area contributed by atoms with Crippen LogP contribution in [0.2, 0.25) is 0 Å². The summed E-state index contributed by atoms with van der Waals surface area (Å²) in [6.07, 6.45) is 3.58. The van der Waals surface area contributed by atoms with Crippen molar-refractivity contribution in [3.8, 4) is 5.75 Å². The summed E-state index contributed by atoms with van der Waals surface area (Å²) in [5.41, 5.74) is 0.957. The summed E-state index contributed by atoms with van der Waals surface area (Å²) >= 11 is 0. The lowest BCUT2D eigenvalue weighted by atomic mass is 10.0. The number of ether oxygens (including phenoxy) is 1. The van der Waals surface area contributed by atoms with Crippen molar-refractivity contribution in [2.45, 2.75) is 25.4 Å². The molecular formula is C18H20N2O3. The lowest BCUT2D eigenvalue weighted by Gasteiger charge is -2.25. The molecule has 0 aliphatic carbocycles. The van der Waals surface area contributed by atoms with Crippen LogP contribution in [-0.2, 0) is 11.3 Å². The van der Waals surface area contributed by atoms with Crippen LogP contribution in [0.3, 0.4) is 0 Å². The Hall–Kier alpha value is -2.56. The predicted octanol–water partition coefficient (Wildman–Crippen LogP) is 2.22. The van der Waals surface area contributed by atoms with Gasteiger partial charge in [0.25, 0.3) is 5.56 Å². The number of pyridine rings is 1. The van der Waals surface area contributed by atoms with E-state index in [-0.39, 0.29) is 24.1 Å². The van der Waals surface area contributed by atoms with E-state index in [2.05, 4.69) is 0 Å². The summed E-state index contributed by atoms with van der Waals surface area (Å²) in [5.74, 6) is 0.789. The zero-order valence-electron chi connectivity index (χ0n) is 13.1. The fourth-order valence-corrected chi connectivity index (χ4v) is 3.07. The van der Waals surface area contributed by atoms with E-state index in [0.29, 0.717) is 0 Å². The van der Waals surface area contributed by atoms with Crippen LogP contribution in [-0.4, -0.2) is 29.0 Å². The minimum atomic E-state index is -0.152. The van der Waals surface area contributed by atoms with Crippen LogP contribution in [0.4, 0.5) is 0 Å². The number of hydrogen-bond donors (Lipinski definition) is 0. The fraction of sp³-hybridized carbons (Fsp3) is 0.333. The molecule has 1 amide bonds. The highest BCUT2D eigenvalue weighted by atomic mass is 16.5. The minimum Gasteiger partial charge on any atom is -0.497 e. The fourth-order valence-electron chi connectivity index (χ4n) is 3.07. The second kappa shape index (κ2) is 6.69. The maximum atomic E-state index is 12.6. The molecule has 1 aromatic heterocycles. The van der Waals surface area contributed by atoms with Gasteiger partial charge in [-0.2, -0.15) is 0 Å². The predicted molar refractivity (Wildman–Crippen MR) is 87.4 cm³/mol. The molecular weight excluding hydrogens is 292 g/mol. The highest BCUT2D eigenvalue weighted by molar-refractivity contribution is 5.77. The Morgan fingerprint density at radius 2 is 2.00 bits per heavy atom. The Labute approximate surface area is 135 Å². The Morgan fingerprint density at radius 3 is 2.70 bits per heavy atom. The van der Waals surface area contributed by atoms with Gasteiger partial charge >= 0.3 is 0 Å². The Bertz CT molecular complexity index is 736. The van der Waals surface area contributed by atoms with Crippen molar-refractivity contribution in [1.29, 1.82) is 0 Å². The van der Waals surface area contributed by atoms with Crippen LogP contribution in [0.25, 0.3) is 0 Å². The van der Waals surface area contributed by atoms with Gasteiger partial charge in [-0.1, -0.05) is 18.2 Å². The van der Waals surface area contributed by atoms with E-state index in [1.807, 2.05) is 29.2 Å². The van der Waals surface area contributed by atoms with E-state index < -0.39 is 0 Å². The Kier molecular flexibility index (Phi) is 4.46. The minimum absolute atomic E-state index is 0.0170. The van der Waals surface area contributed by atoms with Gasteiger partial charge in [-0.3, -0.25) is 9.59 Å². The van der Waals surface area contributed by atoms with E-state index in [1.54, 1.807) is 25.4 Å². The molecule has 1 fully saturated rings. The molecule has 1 aromatic carbocycles. The van der Waals surface area contributed by atoms with Crippen LogP contribution in [0.1, 0.15) is 24.4 Å². The molecule has 1 aliphatic heterocycles. The van der Waals surface area contributed by atoms with Gasteiger partial charge in [0.1, 0.15) is 12.3 Å². The average Bonchev–Trinajstić information content (AvgIpc) is 3.07. The summed E-state index contributed by atoms with van der Waals surface area (Å²) in [4.78, 5) is 26.3. The highest BCUT2D eigenvalue weighted by Crippen LogP contribution is 2.32. The SMILES string of the molecule is COc1ccc(C2CCCN2C(=O)Cn2ccccc2=O)cc1. The number of likely N-dealkylation sites (tertiary alicyclic amines) is 1. The number of hydrogen-bond acceptors (Lipinski definition) is 3. The van der Waals surface area contributed by atoms with Crippen molar-refractivity contribution in [2.24, 2.45) is 0 Å². The van der Waals surface area contributed by atoms with Gasteiger partial charge in [0, 0.05) is 18.8 Å². The summed E-state index contributed by atoms with van der Waals surface area (Å²) in [6, 6.07) is 12.8. The number of carbonyl (C=O) groups is 1. The van der Waals surface area contributed by atoms with Gasteiger partial charge in [0.2, 0.25) is 5.91 Å². The quantitative estimate of drug-likeness (QED) is 0.870. The van der Waals surface area contributed by atoms with Gasteiger partial charge in [-0.05, 0) is 36.6 Å². The molecule has 0 spiro atoms. The molecule has 120 valence electrons. The zero-order valence-corrected chi connectivity index (χ0v) is 13.1. The van der Waals surface area contributed by atoms with E-state index in [9.17, 15) is 9.59 Å². The molecule has 1 saturated heterocycles. The van der Waals surface area contributed by atoms with Crippen LogP contribution < -0.4 is 10.3 Å². The topological polar surface area (TPSA) is 51.5 Å². The van der Waals surface area contributed by atoms with Crippen LogP contribution in [0.15, 0.2) is 53.5 Å². The second-order valence-corrected chi connectivity index (χ2v) is 5.69. The Balaban J connectivity index is 1.76. The third kappa shape index (κ3) is 3.28.